The monoisotopic (exact) mass is 608 g/mol. The van der Waals surface area contributed by atoms with Crippen LogP contribution in [0, 0.1) is 18.3 Å². The van der Waals surface area contributed by atoms with Gasteiger partial charge in [-0.2, -0.15) is 0 Å². The van der Waals surface area contributed by atoms with E-state index in [1.165, 1.54) is 18.2 Å². The van der Waals surface area contributed by atoms with Crippen LogP contribution in [0.25, 0.3) is 22.2 Å². The van der Waals surface area contributed by atoms with Crippen LogP contribution >= 0.6 is 0 Å². The Morgan fingerprint density at radius 2 is 1.77 bits per heavy atom. The van der Waals surface area contributed by atoms with Crippen molar-refractivity contribution in [3.8, 4) is 11.3 Å². The van der Waals surface area contributed by atoms with Crippen molar-refractivity contribution in [1.82, 2.24) is 17.5 Å². The first-order valence-electron chi connectivity index (χ1n) is 13.6. The maximum absolute atomic E-state index is 13.9. The Labute approximate surface area is 250 Å². The van der Waals surface area contributed by atoms with Gasteiger partial charge in [-0.1, -0.05) is 50.2 Å². The molecule has 1 fully saturated rings. The first kappa shape index (κ1) is 31.8. The molecular formula is C31H38N5O6S+. The van der Waals surface area contributed by atoms with Gasteiger partial charge >= 0.3 is 0 Å². The van der Waals surface area contributed by atoms with Crippen molar-refractivity contribution in [3.05, 3.63) is 65.2 Å². The number of aryl methyl sites for hydroxylation is 1. The molecule has 43 heavy (non-hydrogen) atoms. The number of rotatable bonds is 5. The molecule has 1 saturated heterocycles. The SMILES string of the molecule is Cc1cc(S(=O)(=O)[O-])ccc1Nc1cc(N2CCCC(C(=O)C(C)(C)C)C2)c2noc3c2c1C(=O)c1ccccc1-3.[NH4+].[NH4+]. The van der Waals surface area contributed by atoms with Crippen LogP contribution in [0.2, 0.25) is 0 Å². The highest BCUT2D eigenvalue weighted by Gasteiger charge is 2.37. The van der Waals surface area contributed by atoms with E-state index in [0.717, 1.165) is 18.5 Å². The Balaban J connectivity index is 0.00000212. The highest BCUT2D eigenvalue weighted by Crippen LogP contribution is 2.47. The molecule has 11 nitrogen and oxygen atoms in total. The number of ketones is 2. The number of Topliss-reactive ketones (excluding diaryl/α,β-unsaturated/α-hetero) is 1. The van der Waals surface area contributed by atoms with Crippen LogP contribution in [0.3, 0.4) is 0 Å². The van der Waals surface area contributed by atoms with Gasteiger partial charge in [0.2, 0.25) is 0 Å². The number of hydrogen-bond acceptors (Lipinski definition) is 9. The number of carbonyl (C=O) groups excluding carboxylic acids is 2. The summed E-state index contributed by atoms with van der Waals surface area (Å²) < 4.78 is 40.6. The lowest BCUT2D eigenvalue weighted by Gasteiger charge is -2.36. The van der Waals surface area contributed by atoms with Crippen LogP contribution in [-0.2, 0) is 14.9 Å². The van der Waals surface area contributed by atoms with Crippen molar-refractivity contribution < 1.29 is 27.1 Å². The lowest BCUT2D eigenvalue weighted by Crippen LogP contribution is -2.42. The van der Waals surface area contributed by atoms with Gasteiger partial charge in [-0.25, -0.2) is 8.42 Å². The molecule has 2 aliphatic rings. The average molecular weight is 609 g/mol. The fourth-order valence-corrected chi connectivity index (χ4v) is 6.54. The van der Waals surface area contributed by atoms with Gasteiger partial charge in [-0.3, -0.25) is 9.59 Å². The number of fused-ring (bicyclic) bond motifs is 2. The summed E-state index contributed by atoms with van der Waals surface area (Å²) in [5, 5.41) is 8.36. The van der Waals surface area contributed by atoms with Crippen LogP contribution in [0.4, 0.5) is 17.1 Å². The zero-order valence-corrected chi connectivity index (χ0v) is 26.1. The number of quaternary nitrogens is 2. The van der Waals surface area contributed by atoms with Gasteiger partial charge in [0, 0.05) is 41.2 Å². The Hall–Kier alpha value is -4.10. The van der Waals surface area contributed by atoms with E-state index in [1.54, 1.807) is 19.1 Å². The largest absolute Gasteiger partial charge is 0.744 e. The topological polar surface area (TPSA) is 206 Å². The average Bonchev–Trinajstić information content (AvgIpc) is 3.37. The van der Waals surface area contributed by atoms with Gasteiger partial charge in [0.1, 0.15) is 21.4 Å². The van der Waals surface area contributed by atoms with Crippen LogP contribution in [0.5, 0.6) is 0 Å². The molecule has 1 atom stereocenters. The molecule has 4 aromatic rings. The molecule has 0 amide bonds. The summed E-state index contributed by atoms with van der Waals surface area (Å²) in [6.45, 7) is 8.74. The van der Waals surface area contributed by atoms with Gasteiger partial charge in [0.25, 0.3) is 0 Å². The molecule has 1 aliphatic heterocycles. The Morgan fingerprint density at radius 3 is 2.42 bits per heavy atom. The third-order valence-electron chi connectivity index (χ3n) is 8.01. The molecule has 9 N–H and O–H groups in total. The summed E-state index contributed by atoms with van der Waals surface area (Å²) >= 11 is 0. The minimum atomic E-state index is -4.62. The molecule has 0 spiro atoms. The number of hydrogen-bond donors (Lipinski definition) is 3. The predicted octanol–water partition coefficient (Wildman–Crippen LogP) is 6.58. The maximum Gasteiger partial charge on any atom is 0.196 e. The van der Waals surface area contributed by atoms with Gasteiger partial charge in [0.15, 0.2) is 11.5 Å². The number of nitrogens with zero attached hydrogens (tertiary/aromatic N) is 2. The minimum Gasteiger partial charge on any atom is -0.744 e. The van der Waals surface area contributed by atoms with Crippen molar-refractivity contribution >= 4 is 49.6 Å². The molecule has 2 heterocycles. The molecule has 228 valence electrons. The molecule has 1 aliphatic carbocycles. The second-order valence-electron chi connectivity index (χ2n) is 11.9. The van der Waals surface area contributed by atoms with Crippen LogP contribution < -0.4 is 22.5 Å². The molecule has 1 unspecified atom stereocenters. The summed E-state index contributed by atoms with van der Waals surface area (Å²) in [6, 6.07) is 13.2. The van der Waals surface area contributed by atoms with E-state index in [4.69, 9.17) is 4.52 Å². The number of carbonyl (C=O) groups is 2. The molecule has 0 bridgehead atoms. The van der Waals surface area contributed by atoms with Crippen molar-refractivity contribution in [2.24, 2.45) is 11.3 Å². The fourth-order valence-electron chi connectivity index (χ4n) is 5.98. The molecule has 12 heteroatoms. The maximum atomic E-state index is 13.9. The van der Waals surface area contributed by atoms with Crippen LogP contribution in [0.15, 0.2) is 57.9 Å². The van der Waals surface area contributed by atoms with Crippen molar-refractivity contribution in [1.29, 1.82) is 0 Å². The van der Waals surface area contributed by atoms with Crippen molar-refractivity contribution in [3.63, 3.8) is 0 Å². The quantitative estimate of drug-likeness (QED) is 0.184. The van der Waals surface area contributed by atoms with Crippen molar-refractivity contribution in [2.45, 2.75) is 45.4 Å². The lowest BCUT2D eigenvalue weighted by molar-refractivity contribution is -0.130. The lowest BCUT2D eigenvalue weighted by atomic mass is 9.79. The van der Waals surface area contributed by atoms with Crippen molar-refractivity contribution in [2.75, 3.05) is 23.3 Å². The number of aromatic nitrogens is 1. The van der Waals surface area contributed by atoms with E-state index < -0.39 is 15.5 Å². The Bertz CT molecular complexity index is 1860. The summed E-state index contributed by atoms with van der Waals surface area (Å²) in [7, 11) is -4.62. The van der Waals surface area contributed by atoms with E-state index in [2.05, 4.69) is 15.4 Å². The number of benzene rings is 3. The summed E-state index contributed by atoms with van der Waals surface area (Å²) in [5.74, 6) is 0.383. The second kappa shape index (κ2) is 11.2. The predicted molar refractivity (Wildman–Crippen MR) is 167 cm³/mol. The van der Waals surface area contributed by atoms with Crippen LogP contribution in [-0.4, -0.2) is 42.8 Å². The van der Waals surface area contributed by atoms with Gasteiger partial charge in [0.05, 0.1) is 27.2 Å². The summed E-state index contributed by atoms with van der Waals surface area (Å²) in [5.41, 5.74) is 3.97. The number of piperidine rings is 1. The molecule has 1 aromatic heterocycles. The van der Waals surface area contributed by atoms with Gasteiger partial charge < -0.3 is 31.6 Å². The summed E-state index contributed by atoms with van der Waals surface area (Å²) in [6.07, 6.45) is 1.64. The molecule has 6 rings (SSSR count). The van der Waals surface area contributed by atoms with Gasteiger partial charge in [-0.05, 0) is 49.6 Å². The normalized spacial score (nSPS) is 16.3. The molecule has 3 aromatic carbocycles. The molecule has 0 radical (unpaired) electrons. The standard InChI is InChI=1S/C31H31N3O6S.2H3N/c1-17-14-19(41(37,38)39)11-12-22(17)32-23-15-24(34-13-7-8-18(16-34)30(36)31(2,3)4)27-26-25(23)28(35)20-9-5-6-10-21(20)29(26)40-33-27;;/h5-6,9-12,14-15,18,32H,7-8,13,16H2,1-4H3,(H,37,38,39);2*1H3/p+1. The van der Waals surface area contributed by atoms with Crippen LogP contribution in [0.1, 0.15) is 55.1 Å². The third-order valence-corrected chi connectivity index (χ3v) is 8.84. The Kier molecular flexibility index (Phi) is 8.28. The fraction of sp³-hybridized carbons (Fsp3) is 0.323. The minimum absolute atomic E-state index is 0. The zero-order valence-electron chi connectivity index (χ0n) is 25.3. The smallest absolute Gasteiger partial charge is 0.196 e. The van der Waals surface area contributed by atoms with E-state index in [0.29, 0.717) is 63.4 Å². The van der Waals surface area contributed by atoms with E-state index >= 15 is 0 Å². The first-order chi connectivity index (χ1) is 19.3. The summed E-state index contributed by atoms with van der Waals surface area (Å²) in [4.78, 5) is 29.0. The van der Waals surface area contributed by atoms with E-state index in [-0.39, 0.29) is 34.7 Å². The van der Waals surface area contributed by atoms with E-state index in [1.807, 2.05) is 39.0 Å². The molecule has 0 saturated carbocycles. The Morgan fingerprint density at radius 1 is 1.07 bits per heavy atom. The highest BCUT2D eigenvalue weighted by molar-refractivity contribution is 7.85. The second-order valence-corrected chi connectivity index (χ2v) is 13.3. The third kappa shape index (κ3) is 5.42. The highest BCUT2D eigenvalue weighted by atomic mass is 32.2. The van der Waals surface area contributed by atoms with Gasteiger partial charge in [-0.15, -0.1) is 0 Å². The number of anilines is 3. The zero-order chi connectivity index (χ0) is 29.3. The first-order valence-corrected chi connectivity index (χ1v) is 15.0. The van der Waals surface area contributed by atoms with E-state index in [9.17, 15) is 22.6 Å². The number of nitrogens with one attached hydrogen (secondary N) is 1. The molecular weight excluding hydrogens is 570 g/mol.